The minimum Gasteiger partial charge on any atom is 0 e. The molecule has 0 bridgehead atoms. The molecule has 0 atom stereocenters. The van der Waals surface area contributed by atoms with Crippen molar-refractivity contribution >= 4 is 0 Å². The predicted molar refractivity (Wildman–Crippen MR) is 0 cm³/mol. The van der Waals surface area contributed by atoms with Gasteiger partial charge in [-0.1, -0.05) is 0 Å². The third kappa shape index (κ3) is 8.82. The van der Waals surface area contributed by atoms with Crippen molar-refractivity contribution in [1.82, 2.24) is 0 Å². The second-order valence-corrected chi connectivity index (χ2v) is 0. The summed E-state index contributed by atoms with van der Waals surface area (Å²) >= 11 is 0. The Morgan fingerprint density at radius 3 is 1.00 bits per heavy atom. The van der Waals surface area contributed by atoms with E-state index in [2.05, 4.69) is 0 Å². The van der Waals surface area contributed by atoms with Gasteiger partial charge in [0.1, 0.15) is 0 Å². The van der Waals surface area contributed by atoms with Gasteiger partial charge >= 0.3 is 0 Å². The van der Waals surface area contributed by atoms with E-state index in [1.807, 2.05) is 0 Å². The molecule has 0 aromatic heterocycles. The molecule has 0 saturated carbocycles. The molecule has 0 aliphatic carbocycles. The predicted octanol–water partition coefficient (Wildman–Crippen LogP) is -0.0100. The number of rotatable bonds is 0. The van der Waals surface area contributed by atoms with Crippen LogP contribution in [0.2, 0.25) is 0 Å². The van der Waals surface area contributed by atoms with Crippen molar-refractivity contribution in [3.8, 4) is 0 Å². The van der Waals surface area contributed by atoms with E-state index in [0.717, 1.165) is 0 Å². The molecule has 0 heterocycles. The molecule has 0 fully saturated rings. The molecule has 0 nitrogen and oxygen atoms in total. The van der Waals surface area contributed by atoms with Gasteiger partial charge in [-0.05, 0) is 0 Å². The summed E-state index contributed by atoms with van der Waals surface area (Å²) in [6, 6.07) is 0. The van der Waals surface area contributed by atoms with E-state index in [1.165, 1.54) is 0 Å². The number of hydrogen-bond acceptors (Lipinski definition) is 0. The first kappa shape index (κ1) is 31.3. The second kappa shape index (κ2) is 17.8. The van der Waals surface area contributed by atoms with Crippen molar-refractivity contribution in [2.45, 2.75) is 0 Å². The Bertz CT molecular complexity index is 8.00. The summed E-state index contributed by atoms with van der Waals surface area (Å²) in [5.41, 5.74) is 0. The van der Waals surface area contributed by atoms with Crippen LogP contribution in [-0.2, 0) is 78.7 Å². The van der Waals surface area contributed by atoms with E-state index in [0.29, 0.717) is 0 Å². The van der Waals surface area contributed by atoms with Crippen molar-refractivity contribution < 1.29 is 78.7 Å². The summed E-state index contributed by atoms with van der Waals surface area (Å²) in [4.78, 5) is 0. The van der Waals surface area contributed by atoms with Gasteiger partial charge in [0.2, 0.25) is 0 Å². The van der Waals surface area contributed by atoms with Crippen molar-refractivity contribution in [3.63, 3.8) is 0 Å². The van der Waals surface area contributed by atoms with Crippen LogP contribution in [0.15, 0.2) is 0 Å². The quantitative estimate of drug-likeness (QED) is 0.374. The molecule has 0 N–H and O–H groups in total. The summed E-state index contributed by atoms with van der Waals surface area (Å²) in [6.07, 6.45) is 0. The first-order valence-corrected chi connectivity index (χ1v) is 0. The fourth-order valence-electron chi connectivity index (χ4n) is 0. The maximum atomic E-state index is 0. The summed E-state index contributed by atoms with van der Waals surface area (Å²) < 4.78 is 0. The molecule has 0 amide bonds. The van der Waals surface area contributed by atoms with E-state index < -0.39 is 0 Å². The summed E-state index contributed by atoms with van der Waals surface area (Å²) in [6.45, 7) is 0. The standard InChI is InChI=1S/Au.Co.Ir.Ru. The van der Waals surface area contributed by atoms with Crippen LogP contribution in [0, 0.1) is 0 Å². The van der Waals surface area contributed by atoms with Gasteiger partial charge in [0.05, 0.1) is 0 Å². The van der Waals surface area contributed by atoms with Gasteiger partial charge in [0.15, 0.2) is 0 Å². The third-order valence-electron chi connectivity index (χ3n) is 0. The Labute approximate surface area is 77.7 Å². The minimum absolute atomic E-state index is 0. The maximum absolute atomic E-state index is 0. The van der Waals surface area contributed by atoms with Crippen LogP contribution >= 0.6 is 0 Å². The van der Waals surface area contributed by atoms with Crippen LogP contribution in [-0.4, -0.2) is 0 Å². The van der Waals surface area contributed by atoms with Gasteiger partial charge in [-0.3, -0.25) is 0 Å². The van der Waals surface area contributed by atoms with E-state index in [-0.39, 0.29) is 78.7 Å². The first-order chi connectivity index (χ1) is 0. The topological polar surface area (TPSA) is 0 Å². The van der Waals surface area contributed by atoms with Gasteiger partial charge in [-0.15, -0.1) is 0 Å². The molecule has 37 valence electrons. The van der Waals surface area contributed by atoms with Gasteiger partial charge in [0.25, 0.3) is 0 Å². The summed E-state index contributed by atoms with van der Waals surface area (Å²) in [5.74, 6) is 0. The van der Waals surface area contributed by atoms with Gasteiger partial charge in [-0.2, -0.15) is 0 Å². The van der Waals surface area contributed by atoms with Crippen molar-refractivity contribution in [2.24, 2.45) is 0 Å². The van der Waals surface area contributed by atoms with Crippen LogP contribution in [0.25, 0.3) is 0 Å². The fraction of sp³-hybridized carbons (Fsp3) is 0. The molecule has 0 spiro atoms. The minimum atomic E-state index is 0. The normalized spacial score (nSPS) is 0. The molecule has 3 radical (unpaired) electrons. The smallest absolute Gasteiger partial charge is 0 e. The Balaban J connectivity index is 0. The molecule has 0 aromatic rings. The summed E-state index contributed by atoms with van der Waals surface area (Å²) in [5, 5.41) is 0. The first-order valence-electron chi connectivity index (χ1n) is 0. The molecule has 0 aromatic carbocycles. The average molecular weight is 549 g/mol. The second-order valence-electron chi connectivity index (χ2n) is 0. The summed E-state index contributed by atoms with van der Waals surface area (Å²) in [7, 11) is 0. The maximum Gasteiger partial charge on any atom is 0 e. The monoisotopic (exact) mass is 551 g/mol. The molecule has 0 saturated heterocycles. The fourth-order valence-corrected chi connectivity index (χ4v) is 0. The third-order valence-corrected chi connectivity index (χ3v) is 0. The van der Waals surface area contributed by atoms with Crippen LogP contribution in [0.5, 0.6) is 0 Å². The van der Waals surface area contributed by atoms with E-state index in [1.54, 1.807) is 0 Å². The molecule has 0 aliphatic rings. The molecule has 0 unspecified atom stereocenters. The Kier molecular flexibility index (Phi) is 139. The Morgan fingerprint density at radius 2 is 1.00 bits per heavy atom. The van der Waals surface area contributed by atoms with Crippen molar-refractivity contribution in [2.75, 3.05) is 0 Å². The van der Waals surface area contributed by atoms with E-state index in [4.69, 9.17) is 0 Å². The molecule has 0 aliphatic heterocycles. The van der Waals surface area contributed by atoms with Gasteiger partial charge in [-0.25, -0.2) is 0 Å². The van der Waals surface area contributed by atoms with E-state index >= 15 is 0 Å². The molecule has 4 heteroatoms. The van der Waals surface area contributed by atoms with Crippen LogP contribution < -0.4 is 0 Å². The Hall–Kier alpha value is 2.52. The molecular weight excluding hydrogens is 549 g/mol. The molecule has 4 heavy (non-hydrogen) atoms. The van der Waals surface area contributed by atoms with Gasteiger partial charge in [0, 0.05) is 78.7 Å². The van der Waals surface area contributed by atoms with E-state index in [9.17, 15) is 0 Å². The largest absolute Gasteiger partial charge is 0 e. The van der Waals surface area contributed by atoms with Crippen molar-refractivity contribution in [3.05, 3.63) is 0 Å². The van der Waals surface area contributed by atoms with Crippen LogP contribution in [0.3, 0.4) is 0 Å². The molecular formula is AuCoIrRu. The zero-order valence-electron chi connectivity index (χ0n) is 1.32. The molecule has 0 rings (SSSR count). The van der Waals surface area contributed by atoms with Crippen molar-refractivity contribution in [1.29, 1.82) is 0 Å². The number of hydrogen-bond donors (Lipinski definition) is 0. The Morgan fingerprint density at radius 1 is 1.00 bits per heavy atom. The zero-order valence-corrected chi connectivity index (χ0v) is 8.66. The average Bonchev–Trinajstić information content (AvgIpc) is 0. The SMILES string of the molecule is [Au].[Co].[Ir].[Ru]. The zero-order chi connectivity index (χ0) is 0. The van der Waals surface area contributed by atoms with Gasteiger partial charge < -0.3 is 0 Å². The van der Waals surface area contributed by atoms with Crippen LogP contribution in [0.4, 0.5) is 0 Å². The van der Waals surface area contributed by atoms with Crippen LogP contribution in [0.1, 0.15) is 0 Å².